The highest BCUT2D eigenvalue weighted by Crippen LogP contribution is 2.41. The molecule has 0 bridgehead atoms. The van der Waals surface area contributed by atoms with E-state index in [0.29, 0.717) is 37.8 Å². The van der Waals surface area contributed by atoms with Gasteiger partial charge in [0.15, 0.2) is 11.0 Å². The standard InChI is InChI=1S/C19H14Cl2N4OS2/c1-10-7-9-28-17(10)16-15(13-6-8-22-19(23-13)27-2)24-18(25(16)26)14-11(20)4-3-5-12(14)21/h3-9,26H,1-2H3. The van der Waals surface area contributed by atoms with E-state index in [9.17, 15) is 5.21 Å². The van der Waals surface area contributed by atoms with Crippen LogP contribution >= 0.6 is 46.3 Å². The number of aromatic nitrogens is 4. The molecule has 0 radical (unpaired) electrons. The van der Waals surface area contributed by atoms with Gasteiger partial charge in [0.1, 0.15) is 11.4 Å². The molecule has 0 amide bonds. The second-order valence-electron chi connectivity index (χ2n) is 5.90. The molecule has 4 rings (SSSR count). The van der Waals surface area contributed by atoms with E-state index in [1.165, 1.54) is 23.1 Å². The lowest BCUT2D eigenvalue weighted by Crippen LogP contribution is -1.98. The molecule has 0 saturated carbocycles. The zero-order chi connectivity index (χ0) is 19.8. The van der Waals surface area contributed by atoms with Crippen molar-refractivity contribution in [2.45, 2.75) is 12.1 Å². The van der Waals surface area contributed by atoms with Crippen molar-refractivity contribution in [3.8, 4) is 33.3 Å². The maximum atomic E-state index is 11.1. The predicted molar refractivity (Wildman–Crippen MR) is 116 cm³/mol. The Balaban J connectivity index is 2.04. The number of thiophene rings is 1. The Bertz CT molecular complexity index is 1150. The van der Waals surface area contributed by atoms with Crippen LogP contribution in [0.3, 0.4) is 0 Å². The number of hydrogen-bond acceptors (Lipinski definition) is 6. The van der Waals surface area contributed by atoms with Crippen LogP contribution in [0.4, 0.5) is 0 Å². The SMILES string of the molecule is CSc1nccc(-c2nc(-c3c(Cl)cccc3Cl)n(O)c2-c2sccc2C)n1. The fourth-order valence-electron chi connectivity index (χ4n) is 2.85. The fraction of sp³-hybridized carbons (Fsp3) is 0.105. The van der Waals surface area contributed by atoms with Crippen molar-refractivity contribution >= 4 is 46.3 Å². The van der Waals surface area contributed by atoms with Crippen molar-refractivity contribution < 1.29 is 5.21 Å². The summed E-state index contributed by atoms with van der Waals surface area (Å²) in [7, 11) is 0. The van der Waals surface area contributed by atoms with Crippen LogP contribution in [0.2, 0.25) is 10.0 Å². The number of hydrogen-bond donors (Lipinski definition) is 1. The van der Waals surface area contributed by atoms with Gasteiger partial charge in [0.25, 0.3) is 0 Å². The van der Waals surface area contributed by atoms with E-state index < -0.39 is 0 Å². The Morgan fingerprint density at radius 2 is 1.86 bits per heavy atom. The zero-order valence-corrected chi connectivity index (χ0v) is 18.0. The van der Waals surface area contributed by atoms with Gasteiger partial charge in [-0.3, -0.25) is 0 Å². The summed E-state index contributed by atoms with van der Waals surface area (Å²) in [6.45, 7) is 1.98. The van der Waals surface area contributed by atoms with Crippen LogP contribution in [0, 0.1) is 6.92 Å². The molecule has 1 aromatic carbocycles. The molecule has 0 unspecified atom stereocenters. The summed E-state index contributed by atoms with van der Waals surface area (Å²) in [6, 6.07) is 8.94. The Kier molecular flexibility index (Phi) is 5.33. The number of rotatable bonds is 4. The third kappa shape index (κ3) is 3.28. The van der Waals surface area contributed by atoms with E-state index in [1.807, 2.05) is 24.6 Å². The molecule has 0 spiro atoms. The highest BCUT2D eigenvalue weighted by Gasteiger charge is 2.26. The molecule has 3 aromatic heterocycles. The molecular formula is C19H14Cl2N4OS2. The van der Waals surface area contributed by atoms with Crippen LogP contribution in [0.25, 0.3) is 33.3 Å². The van der Waals surface area contributed by atoms with Gasteiger partial charge in [-0.1, -0.05) is 41.0 Å². The third-order valence-corrected chi connectivity index (χ3v) is 6.39. The van der Waals surface area contributed by atoms with E-state index in [2.05, 4.69) is 9.97 Å². The highest BCUT2D eigenvalue weighted by molar-refractivity contribution is 7.98. The Labute approximate surface area is 180 Å². The predicted octanol–water partition coefficient (Wildman–Crippen LogP) is 6.31. The number of thioether (sulfide) groups is 1. The minimum Gasteiger partial charge on any atom is -0.426 e. The molecule has 9 heteroatoms. The van der Waals surface area contributed by atoms with Crippen LogP contribution in [-0.2, 0) is 0 Å². The zero-order valence-electron chi connectivity index (χ0n) is 14.8. The minimum atomic E-state index is 0.262. The molecule has 4 aromatic rings. The lowest BCUT2D eigenvalue weighted by molar-refractivity contribution is 0.195. The van der Waals surface area contributed by atoms with Crippen LogP contribution < -0.4 is 0 Å². The van der Waals surface area contributed by atoms with E-state index >= 15 is 0 Å². The molecule has 0 aliphatic carbocycles. The van der Waals surface area contributed by atoms with Crippen molar-refractivity contribution in [1.82, 2.24) is 19.7 Å². The molecular weight excluding hydrogens is 435 g/mol. The summed E-state index contributed by atoms with van der Waals surface area (Å²) < 4.78 is 1.04. The first-order valence-electron chi connectivity index (χ1n) is 8.19. The summed E-state index contributed by atoms with van der Waals surface area (Å²) in [5.41, 5.74) is 3.19. The number of halogens is 2. The van der Waals surface area contributed by atoms with Crippen molar-refractivity contribution in [1.29, 1.82) is 0 Å². The Hall–Kier alpha value is -2.06. The molecule has 0 aliphatic heterocycles. The topological polar surface area (TPSA) is 63.8 Å². The molecule has 0 saturated heterocycles. The van der Waals surface area contributed by atoms with E-state index in [-0.39, 0.29) is 5.82 Å². The van der Waals surface area contributed by atoms with Crippen molar-refractivity contribution in [2.75, 3.05) is 6.26 Å². The van der Waals surface area contributed by atoms with Gasteiger partial charge in [0, 0.05) is 6.20 Å². The fourth-order valence-corrected chi connectivity index (χ4v) is 4.73. The van der Waals surface area contributed by atoms with Gasteiger partial charge in [0.05, 0.1) is 26.2 Å². The van der Waals surface area contributed by atoms with Crippen LogP contribution in [0.5, 0.6) is 0 Å². The summed E-state index contributed by atoms with van der Waals surface area (Å²) in [4.78, 5) is 14.4. The molecule has 3 heterocycles. The average molecular weight is 449 g/mol. The van der Waals surface area contributed by atoms with Gasteiger partial charge in [-0.2, -0.15) is 4.73 Å². The monoisotopic (exact) mass is 448 g/mol. The minimum absolute atomic E-state index is 0.262. The average Bonchev–Trinajstić information content (AvgIpc) is 3.25. The maximum Gasteiger partial charge on any atom is 0.187 e. The number of nitrogens with zero attached hydrogens (tertiary/aromatic N) is 4. The summed E-state index contributed by atoms with van der Waals surface area (Å²) in [5.74, 6) is 0.262. The summed E-state index contributed by atoms with van der Waals surface area (Å²) in [5, 5.41) is 14.5. The smallest absolute Gasteiger partial charge is 0.187 e. The van der Waals surface area contributed by atoms with Crippen molar-refractivity contribution in [2.24, 2.45) is 0 Å². The van der Waals surface area contributed by atoms with E-state index in [4.69, 9.17) is 28.2 Å². The van der Waals surface area contributed by atoms with E-state index in [0.717, 1.165) is 15.2 Å². The Morgan fingerprint density at radius 1 is 1.11 bits per heavy atom. The van der Waals surface area contributed by atoms with Crippen LogP contribution in [0.1, 0.15) is 5.56 Å². The molecule has 142 valence electrons. The van der Waals surface area contributed by atoms with Gasteiger partial charge >= 0.3 is 0 Å². The van der Waals surface area contributed by atoms with Crippen LogP contribution in [0.15, 0.2) is 47.1 Å². The molecule has 1 N–H and O–H groups in total. The lowest BCUT2D eigenvalue weighted by Gasteiger charge is -2.07. The second-order valence-corrected chi connectivity index (χ2v) is 8.41. The first-order valence-corrected chi connectivity index (χ1v) is 11.1. The van der Waals surface area contributed by atoms with Crippen molar-refractivity contribution in [3.63, 3.8) is 0 Å². The largest absolute Gasteiger partial charge is 0.426 e. The quantitative estimate of drug-likeness (QED) is 0.225. The molecule has 28 heavy (non-hydrogen) atoms. The van der Waals surface area contributed by atoms with Gasteiger partial charge in [0.2, 0.25) is 0 Å². The van der Waals surface area contributed by atoms with Gasteiger partial charge < -0.3 is 5.21 Å². The third-order valence-electron chi connectivity index (χ3n) is 4.18. The van der Waals surface area contributed by atoms with Crippen LogP contribution in [-0.4, -0.2) is 31.1 Å². The molecule has 0 fully saturated rings. The molecule has 5 nitrogen and oxygen atoms in total. The number of aryl methyl sites for hydroxylation is 1. The van der Waals surface area contributed by atoms with Gasteiger partial charge in [-0.05, 0) is 48.4 Å². The van der Waals surface area contributed by atoms with Crippen molar-refractivity contribution in [3.05, 3.63) is 57.5 Å². The Morgan fingerprint density at radius 3 is 2.50 bits per heavy atom. The maximum absolute atomic E-state index is 11.1. The van der Waals surface area contributed by atoms with Gasteiger partial charge in [-0.15, -0.1) is 11.3 Å². The molecule has 0 atom stereocenters. The summed E-state index contributed by atoms with van der Waals surface area (Å²) >= 11 is 15.7. The normalized spacial score (nSPS) is 11.1. The molecule has 0 aliphatic rings. The van der Waals surface area contributed by atoms with Gasteiger partial charge in [-0.25, -0.2) is 15.0 Å². The highest BCUT2D eigenvalue weighted by atomic mass is 35.5. The first kappa shape index (κ1) is 19.3. The summed E-state index contributed by atoms with van der Waals surface area (Å²) in [6.07, 6.45) is 3.58. The second kappa shape index (κ2) is 7.75. The lowest BCUT2D eigenvalue weighted by atomic mass is 10.1. The first-order chi connectivity index (χ1) is 13.5. The number of benzene rings is 1. The van der Waals surface area contributed by atoms with E-state index in [1.54, 1.807) is 30.5 Å². The number of imidazole rings is 1.